The predicted molar refractivity (Wildman–Crippen MR) is 100 cm³/mol. The molecular formula is C18H34N2O2S. The van der Waals surface area contributed by atoms with E-state index in [1.165, 1.54) is 51.4 Å². The molecule has 23 heavy (non-hydrogen) atoms. The number of rotatable bonds is 16. The van der Waals surface area contributed by atoms with Crippen molar-refractivity contribution in [2.45, 2.75) is 84.1 Å². The van der Waals surface area contributed by atoms with Gasteiger partial charge in [0.15, 0.2) is 0 Å². The van der Waals surface area contributed by atoms with Crippen molar-refractivity contribution in [3.63, 3.8) is 0 Å². The second kappa shape index (κ2) is 16.1. The van der Waals surface area contributed by atoms with Crippen LogP contribution in [0, 0.1) is 5.92 Å². The van der Waals surface area contributed by atoms with E-state index in [-0.39, 0.29) is 0 Å². The van der Waals surface area contributed by atoms with E-state index in [0.29, 0.717) is 18.9 Å². The Kier molecular flexibility index (Phi) is 15.6. The molecule has 0 aliphatic rings. The fourth-order valence-electron chi connectivity index (χ4n) is 2.63. The first-order valence-corrected chi connectivity index (χ1v) is 9.52. The molecule has 0 aromatic carbocycles. The lowest BCUT2D eigenvalue weighted by Gasteiger charge is -2.17. The molecule has 2 N–H and O–H groups in total. The summed E-state index contributed by atoms with van der Waals surface area (Å²) < 4.78 is 0. The summed E-state index contributed by atoms with van der Waals surface area (Å²) in [7, 11) is 0. The quantitative estimate of drug-likeness (QED) is 0.243. The molecule has 0 aromatic rings. The highest BCUT2D eigenvalue weighted by atomic mass is 32.1. The Morgan fingerprint density at radius 1 is 1.13 bits per heavy atom. The molecule has 2 atom stereocenters. The number of nitrogens with one attached hydrogen (secondary N) is 1. The summed E-state index contributed by atoms with van der Waals surface area (Å²) in [6.45, 7) is 5.76. The number of hydrogen-bond acceptors (Lipinski definition) is 4. The van der Waals surface area contributed by atoms with Gasteiger partial charge >= 0.3 is 5.97 Å². The largest absolute Gasteiger partial charge is 0.480 e. The van der Waals surface area contributed by atoms with Crippen LogP contribution in [0.15, 0.2) is 4.99 Å². The van der Waals surface area contributed by atoms with Gasteiger partial charge in [-0.15, -0.1) is 0 Å². The molecule has 0 spiro atoms. The maximum Gasteiger partial charge on any atom is 0.320 e. The molecular weight excluding hydrogens is 308 g/mol. The van der Waals surface area contributed by atoms with E-state index in [2.05, 4.69) is 41.5 Å². The van der Waals surface area contributed by atoms with Crippen LogP contribution in [0.3, 0.4) is 0 Å². The molecule has 2 unspecified atom stereocenters. The molecule has 0 heterocycles. The van der Waals surface area contributed by atoms with Crippen molar-refractivity contribution in [1.29, 1.82) is 0 Å². The highest BCUT2D eigenvalue weighted by molar-refractivity contribution is 7.78. The van der Waals surface area contributed by atoms with Crippen molar-refractivity contribution in [2.75, 3.05) is 13.1 Å². The Hall–Kier alpha value is -0.770. The number of nitrogens with zero attached hydrogens (tertiary/aromatic N) is 1. The topological polar surface area (TPSA) is 61.7 Å². The number of hydrogen-bond donors (Lipinski definition) is 2. The van der Waals surface area contributed by atoms with Gasteiger partial charge in [-0.2, -0.15) is 0 Å². The molecule has 4 nitrogen and oxygen atoms in total. The van der Waals surface area contributed by atoms with Gasteiger partial charge in [-0.05, 0) is 43.9 Å². The van der Waals surface area contributed by atoms with Gasteiger partial charge in [0.05, 0.1) is 5.16 Å². The minimum absolute atomic E-state index is 0.480. The van der Waals surface area contributed by atoms with Crippen LogP contribution >= 0.6 is 12.2 Å². The summed E-state index contributed by atoms with van der Waals surface area (Å²) in [5, 5.41) is 14.7. The van der Waals surface area contributed by atoms with Crippen LogP contribution < -0.4 is 5.32 Å². The number of aliphatic imine (C=N–C) groups is 1. The molecule has 0 radical (unpaired) electrons. The number of carbonyl (C=O) groups is 1. The lowest BCUT2D eigenvalue weighted by atomic mass is 10.0. The summed E-state index contributed by atoms with van der Waals surface area (Å²) in [5.74, 6) is -0.258. The predicted octanol–water partition coefficient (Wildman–Crippen LogP) is 4.69. The van der Waals surface area contributed by atoms with Crippen molar-refractivity contribution in [3.05, 3.63) is 0 Å². The second-order valence-corrected chi connectivity index (χ2v) is 6.61. The van der Waals surface area contributed by atoms with E-state index in [1.807, 2.05) is 0 Å². The van der Waals surface area contributed by atoms with Crippen LogP contribution in [0.1, 0.15) is 78.1 Å². The molecule has 0 aliphatic heterocycles. The fraction of sp³-hybridized carbons (Fsp3) is 0.889. The summed E-state index contributed by atoms with van der Waals surface area (Å²) in [5.41, 5.74) is 0. The molecule has 0 aliphatic carbocycles. The highest BCUT2D eigenvalue weighted by Crippen LogP contribution is 2.12. The average molecular weight is 343 g/mol. The van der Waals surface area contributed by atoms with Gasteiger partial charge in [-0.3, -0.25) is 4.79 Å². The molecule has 0 saturated heterocycles. The monoisotopic (exact) mass is 342 g/mol. The van der Waals surface area contributed by atoms with Crippen LogP contribution in [-0.2, 0) is 4.79 Å². The standard InChI is InChI=1S/C18H34N2O2S/c1-3-4-5-6-7-8-9-11-16(2)14-20-17(18(21)22)12-10-13-19-15-23/h16-17,20H,3-14H2,1-2H3,(H,21,22). The highest BCUT2D eigenvalue weighted by Gasteiger charge is 2.16. The van der Waals surface area contributed by atoms with E-state index >= 15 is 0 Å². The molecule has 0 bridgehead atoms. The minimum atomic E-state index is -0.778. The Labute approximate surface area is 147 Å². The van der Waals surface area contributed by atoms with Crippen molar-refractivity contribution >= 4 is 23.3 Å². The third-order valence-electron chi connectivity index (χ3n) is 4.14. The van der Waals surface area contributed by atoms with Gasteiger partial charge < -0.3 is 10.4 Å². The van der Waals surface area contributed by atoms with Gasteiger partial charge in [0.2, 0.25) is 0 Å². The van der Waals surface area contributed by atoms with E-state index in [9.17, 15) is 9.90 Å². The fourth-order valence-corrected chi connectivity index (χ4v) is 2.72. The number of aliphatic carboxylic acids is 1. The Bertz CT molecular complexity index is 344. The van der Waals surface area contributed by atoms with Crippen molar-refractivity contribution in [3.8, 4) is 0 Å². The van der Waals surface area contributed by atoms with Gasteiger partial charge in [-0.25, -0.2) is 4.99 Å². The number of carboxylic acid groups (broad SMARTS) is 1. The van der Waals surface area contributed by atoms with Crippen molar-refractivity contribution < 1.29 is 9.90 Å². The van der Waals surface area contributed by atoms with Crippen LogP contribution in [0.5, 0.6) is 0 Å². The van der Waals surface area contributed by atoms with Crippen LogP contribution in [-0.4, -0.2) is 35.4 Å². The number of carboxylic acids is 1. The third kappa shape index (κ3) is 14.5. The summed E-state index contributed by atoms with van der Waals surface area (Å²) in [6.07, 6.45) is 11.7. The van der Waals surface area contributed by atoms with E-state index in [4.69, 9.17) is 0 Å². The Balaban J connectivity index is 3.71. The van der Waals surface area contributed by atoms with Crippen molar-refractivity contribution in [2.24, 2.45) is 10.9 Å². The zero-order valence-corrected chi connectivity index (χ0v) is 15.7. The summed E-state index contributed by atoms with van der Waals surface area (Å²) in [6, 6.07) is -0.480. The zero-order chi connectivity index (χ0) is 17.3. The van der Waals surface area contributed by atoms with E-state index in [0.717, 1.165) is 13.0 Å². The first-order valence-electron chi connectivity index (χ1n) is 9.11. The van der Waals surface area contributed by atoms with Crippen LogP contribution in [0.4, 0.5) is 0 Å². The SMILES string of the molecule is CCCCCCCCCC(C)CNC(CCCN=C=S)C(=O)O. The molecule has 5 heteroatoms. The smallest absolute Gasteiger partial charge is 0.320 e. The lowest BCUT2D eigenvalue weighted by Crippen LogP contribution is -2.39. The number of isothiocyanates is 1. The summed E-state index contributed by atoms with van der Waals surface area (Å²) >= 11 is 4.50. The maximum absolute atomic E-state index is 11.2. The van der Waals surface area contributed by atoms with Gasteiger partial charge in [0.25, 0.3) is 0 Å². The normalized spacial score (nSPS) is 13.3. The minimum Gasteiger partial charge on any atom is -0.480 e. The average Bonchev–Trinajstić information content (AvgIpc) is 2.53. The first kappa shape index (κ1) is 22.2. The second-order valence-electron chi connectivity index (χ2n) is 6.43. The number of unbranched alkanes of at least 4 members (excludes halogenated alkanes) is 6. The van der Waals surface area contributed by atoms with E-state index < -0.39 is 12.0 Å². The van der Waals surface area contributed by atoms with Gasteiger partial charge in [0, 0.05) is 6.54 Å². The molecule has 0 fully saturated rings. The van der Waals surface area contributed by atoms with Gasteiger partial charge in [-0.1, -0.05) is 58.8 Å². The zero-order valence-electron chi connectivity index (χ0n) is 14.9. The maximum atomic E-state index is 11.2. The molecule has 0 saturated carbocycles. The molecule has 134 valence electrons. The number of thiocarbonyl (C=S) groups is 1. The molecule has 0 rings (SSSR count). The van der Waals surface area contributed by atoms with E-state index in [1.54, 1.807) is 0 Å². The van der Waals surface area contributed by atoms with Gasteiger partial charge in [0.1, 0.15) is 6.04 Å². The van der Waals surface area contributed by atoms with Crippen LogP contribution in [0.2, 0.25) is 0 Å². The first-order chi connectivity index (χ1) is 11.1. The van der Waals surface area contributed by atoms with Crippen molar-refractivity contribution in [1.82, 2.24) is 5.32 Å². The Morgan fingerprint density at radius 2 is 1.78 bits per heavy atom. The lowest BCUT2D eigenvalue weighted by molar-refractivity contribution is -0.139. The molecule has 0 amide bonds. The van der Waals surface area contributed by atoms with Crippen LogP contribution in [0.25, 0.3) is 0 Å². The molecule has 0 aromatic heterocycles. The summed E-state index contributed by atoms with van der Waals surface area (Å²) in [4.78, 5) is 15.1. The third-order valence-corrected chi connectivity index (χ3v) is 4.27. The Morgan fingerprint density at radius 3 is 2.39 bits per heavy atom.